The molecule has 3 aliphatic rings. The zero-order valence-electron chi connectivity index (χ0n) is 23.5. The minimum atomic E-state index is -1.14. The molecule has 2 saturated heterocycles. The Bertz CT molecular complexity index is 1420. The van der Waals surface area contributed by atoms with Crippen molar-refractivity contribution in [2.75, 3.05) is 37.7 Å². The van der Waals surface area contributed by atoms with Crippen LogP contribution in [0.15, 0.2) is 12.1 Å². The number of halogens is 3. The van der Waals surface area contributed by atoms with Crippen molar-refractivity contribution in [2.24, 2.45) is 0 Å². The summed E-state index contributed by atoms with van der Waals surface area (Å²) < 4.78 is 42.7. The van der Waals surface area contributed by atoms with E-state index >= 15 is 8.78 Å². The summed E-state index contributed by atoms with van der Waals surface area (Å²) in [5, 5.41) is 20.9. The first-order chi connectivity index (χ1) is 19.1. The molecule has 0 aliphatic carbocycles. The van der Waals surface area contributed by atoms with E-state index in [9.17, 15) is 19.8 Å². The first kappa shape index (κ1) is 29.1. The average molecular weight is 595 g/mol. The number of phenolic OH excluding ortho intramolecular Hbond substituents is 1. The van der Waals surface area contributed by atoms with E-state index in [4.69, 9.17) is 21.1 Å². The average Bonchev–Trinajstić information content (AvgIpc) is 3.06. The van der Waals surface area contributed by atoms with Crippen molar-refractivity contribution in [1.29, 1.82) is 0 Å². The predicted octanol–water partition coefficient (Wildman–Crippen LogP) is 4.19. The van der Waals surface area contributed by atoms with Crippen molar-refractivity contribution in [3.05, 3.63) is 34.4 Å². The molecule has 0 spiro atoms. The van der Waals surface area contributed by atoms with Crippen LogP contribution in [0.2, 0.25) is 5.02 Å². The maximum atomic E-state index is 16.3. The Balaban J connectivity index is 1.63. The fourth-order valence-electron chi connectivity index (χ4n) is 5.65. The third-order valence-corrected chi connectivity index (χ3v) is 7.84. The Hall–Kier alpha value is -3.38. The number of benzene rings is 1. The Morgan fingerprint density at radius 1 is 1.20 bits per heavy atom. The molecule has 2 atom stereocenters. The molecule has 2 amide bonds. The zero-order valence-corrected chi connectivity index (χ0v) is 24.3. The number of aromatic nitrogens is 1. The van der Waals surface area contributed by atoms with Crippen molar-refractivity contribution < 1.29 is 38.1 Å². The van der Waals surface area contributed by atoms with E-state index in [0.717, 1.165) is 12.1 Å². The molecule has 10 nitrogen and oxygen atoms in total. The van der Waals surface area contributed by atoms with Crippen molar-refractivity contribution in [3.63, 3.8) is 0 Å². The minimum Gasteiger partial charge on any atom is -0.506 e. The summed E-state index contributed by atoms with van der Waals surface area (Å²) in [6, 6.07) is 1.47. The molecule has 1 aromatic carbocycles. The normalized spacial score (nSPS) is 22.2. The number of phenols is 1. The second-order valence-electron chi connectivity index (χ2n) is 12.2. The highest BCUT2D eigenvalue weighted by Crippen LogP contribution is 2.46. The molecule has 2 aromatic rings. The number of pyridine rings is 1. The second kappa shape index (κ2) is 10.2. The van der Waals surface area contributed by atoms with Gasteiger partial charge in [0.2, 0.25) is 0 Å². The Morgan fingerprint density at radius 3 is 2.54 bits per heavy atom. The number of aromatic hydroxyl groups is 1. The van der Waals surface area contributed by atoms with Crippen molar-refractivity contribution in [2.45, 2.75) is 64.3 Å². The summed E-state index contributed by atoms with van der Waals surface area (Å²) in [5.74, 6) is -3.88. The lowest BCUT2D eigenvalue weighted by atomic mass is 9.99. The van der Waals surface area contributed by atoms with Crippen LogP contribution in [0.5, 0.6) is 11.5 Å². The third-order valence-electron chi connectivity index (χ3n) is 7.53. The first-order valence-corrected chi connectivity index (χ1v) is 13.7. The summed E-state index contributed by atoms with van der Waals surface area (Å²) in [4.78, 5) is 35.9. The molecule has 41 heavy (non-hydrogen) atoms. The topological polar surface area (TPSA) is 116 Å². The van der Waals surface area contributed by atoms with Crippen LogP contribution < -0.4 is 9.64 Å². The van der Waals surface area contributed by atoms with Crippen LogP contribution in [0, 0.1) is 11.6 Å². The van der Waals surface area contributed by atoms with Crippen LogP contribution in [0.4, 0.5) is 19.4 Å². The largest absolute Gasteiger partial charge is 0.506 e. The van der Waals surface area contributed by atoms with Gasteiger partial charge in [-0.15, -0.1) is 0 Å². The number of aliphatic hydroxyl groups excluding tert-OH is 1. The van der Waals surface area contributed by atoms with Crippen LogP contribution in [0.1, 0.15) is 51.4 Å². The molecule has 5 rings (SSSR count). The van der Waals surface area contributed by atoms with Gasteiger partial charge >= 0.3 is 6.09 Å². The molecule has 13 heteroatoms. The molecular formula is C28H33ClF2N4O6. The summed E-state index contributed by atoms with van der Waals surface area (Å²) in [6.07, 6.45) is -0.972. The van der Waals surface area contributed by atoms with Gasteiger partial charge < -0.3 is 34.4 Å². The van der Waals surface area contributed by atoms with Gasteiger partial charge in [0.15, 0.2) is 11.6 Å². The fraction of sp³-hybridized carbons (Fsp3) is 0.536. The standard InChI is InChI=1S/C28H33ClF2N4O6/c1-27(2,3)41-26(39)33-8-9-34-14(11-33)13-40-23-19(25(34)38)24(35-12-15(36)10-28(35,4)5)32-21(20(23)31)18-17(30)7-6-16(29)22(18)37/h6-7,14-15,36-37H,8-13H2,1-5H3/t14-,15?/m1/s1. The van der Waals surface area contributed by atoms with Crippen molar-refractivity contribution in [1.82, 2.24) is 14.8 Å². The lowest BCUT2D eigenvalue weighted by Gasteiger charge is -2.40. The highest BCUT2D eigenvalue weighted by molar-refractivity contribution is 6.32. The quantitative estimate of drug-likeness (QED) is 0.532. The molecule has 1 unspecified atom stereocenters. The molecule has 1 aromatic heterocycles. The van der Waals surface area contributed by atoms with Gasteiger partial charge in [-0.2, -0.15) is 0 Å². The van der Waals surface area contributed by atoms with Gasteiger partial charge in [0.05, 0.1) is 22.7 Å². The van der Waals surface area contributed by atoms with E-state index in [1.54, 1.807) is 25.7 Å². The van der Waals surface area contributed by atoms with Crippen LogP contribution in [0.25, 0.3) is 11.3 Å². The van der Waals surface area contributed by atoms with E-state index in [-0.39, 0.29) is 49.2 Å². The van der Waals surface area contributed by atoms with Gasteiger partial charge in [-0.1, -0.05) is 11.6 Å². The van der Waals surface area contributed by atoms with E-state index in [1.807, 2.05) is 13.8 Å². The number of ether oxygens (including phenoxy) is 2. The van der Waals surface area contributed by atoms with Gasteiger partial charge in [0.1, 0.15) is 40.8 Å². The number of fused-ring (bicyclic) bond motifs is 2. The number of aliphatic hydroxyl groups is 1. The lowest BCUT2D eigenvalue weighted by molar-refractivity contribution is 0.000864. The summed E-state index contributed by atoms with van der Waals surface area (Å²) >= 11 is 6.03. The smallest absolute Gasteiger partial charge is 0.410 e. The van der Waals surface area contributed by atoms with Crippen LogP contribution in [-0.2, 0) is 4.74 Å². The van der Waals surface area contributed by atoms with Crippen LogP contribution in [-0.4, -0.2) is 93.1 Å². The summed E-state index contributed by atoms with van der Waals surface area (Å²) in [6.45, 7) is 9.23. The molecule has 0 bridgehead atoms. The van der Waals surface area contributed by atoms with Crippen molar-refractivity contribution in [3.8, 4) is 22.8 Å². The zero-order chi connectivity index (χ0) is 30.0. The molecule has 0 radical (unpaired) electrons. The number of amides is 2. The first-order valence-electron chi connectivity index (χ1n) is 13.4. The van der Waals surface area contributed by atoms with E-state index < -0.39 is 69.7 Å². The summed E-state index contributed by atoms with van der Waals surface area (Å²) in [5.41, 5.74) is -2.77. The van der Waals surface area contributed by atoms with E-state index in [1.165, 1.54) is 9.80 Å². The Morgan fingerprint density at radius 2 is 1.90 bits per heavy atom. The van der Waals surface area contributed by atoms with Crippen LogP contribution >= 0.6 is 11.6 Å². The minimum absolute atomic E-state index is 0.0167. The number of carbonyl (C=O) groups is 2. The SMILES string of the molecule is CC(C)(C)OC(=O)N1CCN2C(=O)c3c(N4CC(O)CC4(C)C)nc(-c4c(F)ccc(Cl)c4O)c(F)c3OC[C@H]2C1. The molecule has 2 fully saturated rings. The number of rotatable bonds is 2. The number of hydrogen-bond donors (Lipinski definition) is 2. The van der Waals surface area contributed by atoms with Crippen LogP contribution in [0.3, 0.4) is 0 Å². The van der Waals surface area contributed by atoms with E-state index in [2.05, 4.69) is 4.98 Å². The summed E-state index contributed by atoms with van der Waals surface area (Å²) in [7, 11) is 0. The van der Waals surface area contributed by atoms with E-state index in [0.29, 0.717) is 6.42 Å². The van der Waals surface area contributed by atoms with Gasteiger partial charge in [0.25, 0.3) is 5.91 Å². The highest BCUT2D eigenvalue weighted by atomic mass is 35.5. The van der Waals surface area contributed by atoms with Gasteiger partial charge in [-0.05, 0) is 53.2 Å². The molecule has 0 saturated carbocycles. The number of β-amino-alcohol motifs (C(OH)–C–C–N with tert-alkyl or cyclic N) is 1. The molecule has 222 valence electrons. The molecular weight excluding hydrogens is 562 g/mol. The van der Waals surface area contributed by atoms with Gasteiger partial charge in [-0.25, -0.2) is 18.6 Å². The maximum Gasteiger partial charge on any atom is 0.410 e. The van der Waals surface area contributed by atoms with Gasteiger partial charge in [-0.3, -0.25) is 4.79 Å². The fourth-order valence-corrected chi connectivity index (χ4v) is 5.81. The molecule has 3 aliphatic heterocycles. The number of piperazine rings is 1. The second-order valence-corrected chi connectivity index (χ2v) is 12.6. The number of hydrogen-bond acceptors (Lipinski definition) is 8. The van der Waals surface area contributed by atoms with Gasteiger partial charge in [0, 0.05) is 31.7 Å². The number of anilines is 1. The van der Waals surface area contributed by atoms with Crippen molar-refractivity contribution >= 4 is 29.4 Å². The molecule has 2 N–H and O–H groups in total. The highest BCUT2D eigenvalue weighted by Gasteiger charge is 2.46. The Labute approximate surface area is 241 Å². The maximum absolute atomic E-state index is 16.3. The predicted molar refractivity (Wildman–Crippen MR) is 146 cm³/mol. The molecule has 4 heterocycles. The number of carbonyl (C=O) groups excluding carboxylic acids is 2. The lowest BCUT2D eigenvalue weighted by Crippen LogP contribution is -2.58. The number of nitrogens with zero attached hydrogens (tertiary/aromatic N) is 4. The third kappa shape index (κ3) is 5.23. The Kier molecular flexibility index (Phi) is 7.22. The monoisotopic (exact) mass is 594 g/mol.